The molecule has 0 aliphatic rings. The smallest absolute Gasteiger partial charge is 0.264 e. The lowest BCUT2D eigenvalue weighted by Gasteiger charge is -2.14. The molecule has 0 bridgehead atoms. The van der Waals surface area contributed by atoms with Crippen molar-refractivity contribution in [2.75, 3.05) is 5.73 Å². The predicted octanol–water partition coefficient (Wildman–Crippen LogP) is 4.59. The zero-order chi connectivity index (χ0) is 22.8. The van der Waals surface area contributed by atoms with Crippen molar-refractivity contribution in [3.05, 3.63) is 87.6 Å². The Morgan fingerprint density at radius 3 is 2.56 bits per heavy atom. The number of H-pyrrole nitrogens is 1. The molecule has 3 heterocycles. The number of hydrogen-bond donors (Lipinski definition) is 2. The molecule has 5 rings (SSSR count). The number of pyridine rings is 1. The molecule has 5 aromatic rings. The Bertz CT molecular complexity index is 1480. The average Bonchev–Trinajstić information content (AvgIpc) is 3.28. The number of aromatic nitrogens is 5. The Hall–Kier alpha value is -3.78. The summed E-state index contributed by atoms with van der Waals surface area (Å²) in [5.74, 6) is -0.145. The maximum absolute atomic E-state index is 13.7. The molecule has 0 unspecified atom stereocenters. The summed E-state index contributed by atoms with van der Waals surface area (Å²) in [6.45, 7) is 3.97. The summed E-state index contributed by atoms with van der Waals surface area (Å²) in [4.78, 5) is 27.2. The van der Waals surface area contributed by atoms with Crippen LogP contribution in [0.1, 0.15) is 18.2 Å². The highest BCUT2D eigenvalue weighted by atomic mass is 35.5. The molecule has 7 nitrogen and oxygen atoms in total. The van der Waals surface area contributed by atoms with Crippen molar-refractivity contribution < 1.29 is 4.39 Å². The lowest BCUT2D eigenvalue weighted by molar-refractivity contribution is 0.630. The fraction of sp³-hybridized carbons (Fsp3) is 0.130. The SMILES string of the molecule is CCc1cc2ccc(F)c(Cl)c2c(=O)n1-c1ccc(C)cc1.Nc1ncnc2nc[nH]c12. The van der Waals surface area contributed by atoms with E-state index in [0.717, 1.165) is 16.9 Å². The van der Waals surface area contributed by atoms with Gasteiger partial charge in [0.2, 0.25) is 0 Å². The molecule has 0 saturated carbocycles. The molecular weight excluding hydrogens is 431 g/mol. The number of nitrogens with zero attached hydrogens (tertiary/aromatic N) is 4. The Morgan fingerprint density at radius 1 is 1.12 bits per heavy atom. The van der Waals surface area contributed by atoms with Crippen LogP contribution < -0.4 is 11.3 Å². The van der Waals surface area contributed by atoms with E-state index in [4.69, 9.17) is 17.3 Å². The van der Waals surface area contributed by atoms with Crippen LogP contribution in [0.4, 0.5) is 10.2 Å². The molecule has 0 amide bonds. The lowest BCUT2D eigenvalue weighted by atomic mass is 10.1. The molecule has 0 radical (unpaired) electrons. The monoisotopic (exact) mass is 450 g/mol. The number of aromatic amines is 1. The van der Waals surface area contributed by atoms with Gasteiger partial charge in [0.05, 0.1) is 16.7 Å². The summed E-state index contributed by atoms with van der Waals surface area (Å²) >= 11 is 6.02. The summed E-state index contributed by atoms with van der Waals surface area (Å²) in [6, 6.07) is 12.4. The molecule has 0 atom stereocenters. The molecule has 0 saturated heterocycles. The number of nitrogens with two attached hydrogens (primary N) is 1. The van der Waals surface area contributed by atoms with E-state index in [1.54, 1.807) is 10.6 Å². The summed E-state index contributed by atoms with van der Waals surface area (Å²) in [6.07, 6.45) is 3.61. The Kier molecular flexibility index (Phi) is 5.87. The molecule has 0 aliphatic carbocycles. The molecule has 3 aromatic heterocycles. The van der Waals surface area contributed by atoms with Gasteiger partial charge in [-0.2, -0.15) is 0 Å². The number of rotatable bonds is 2. The molecular formula is C23H20ClFN6O. The second-order valence-corrected chi connectivity index (χ2v) is 7.53. The van der Waals surface area contributed by atoms with Gasteiger partial charge in [-0.15, -0.1) is 0 Å². The summed E-state index contributed by atoms with van der Waals surface area (Å²) < 4.78 is 15.3. The number of imidazole rings is 1. The van der Waals surface area contributed by atoms with Crippen LogP contribution in [0.2, 0.25) is 5.02 Å². The molecule has 0 spiro atoms. The molecule has 32 heavy (non-hydrogen) atoms. The second kappa shape index (κ2) is 8.76. The van der Waals surface area contributed by atoms with E-state index in [1.807, 2.05) is 44.2 Å². The highest BCUT2D eigenvalue weighted by Crippen LogP contribution is 2.25. The first kappa shape index (κ1) is 21.5. The third-order valence-corrected chi connectivity index (χ3v) is 5.43. The van der Waals surface area contributed by atoms with E-state index in [9.17, 15) is 9.18 Å². The van der Waals surface area contributed by atoms with Gasteiger partial charge in [0, 0.05) is 11.4 Å². The van der Waals surface area contributed by atoms with Gasteiger partial charge in [-0.05, 0) is 43.0 Å². The normalized spacial score (nSPS) is 10.9. The topological polar surface area (TPSA) is 102 Å². The Morgan fingerprint density at radius 2 is 1.88 bits per heavy atom. The number of halogens is 2. The van der Waals surface area contributed by atoms with Crippen molar-refractivity contribution in [2.45, 2.75) is 20.3 Å². The van der Waals surface area contributed by atoms with Crippen molar-refractivity contribution in [3.63, 3.8) is 0 Å². The maximum Gasteiger partial charge on any atom is 0.264 e. The van der Waals surface area contributed by atoms with Gasteiger partial charge >= 0.3 is 0 Å². The standard InChI is InChI=1S/C18H15ClFNO.C5H5N5/c1-3-13-10-12-6-9-15(20)17(19)16(12)18(22)21(13)14-7-4-11(2)5-8-14;6-4-3-5(9-1-7-3)10-2-8-4/h4-10H,3H2,1-2H3;1-2H,(H3,6,7,8,9,10). The van der Waals surface area contributed by atoms with Crippen molar-refractivity contribution in [3.8, 4) is 5.69 Å². The molecule has 0 fully saturated rings. The first-order valence-electron chi connectivity index (χ1n) is 9.90. The molecule has 0 aliphatic heterocycles. The summed E-state index contributed by atoms with van der Waals surface area (Å²) in [5, 5.41) is 0.766. The van der Waals surface area contributed by atoms with E-state index < -0.39 is 5.82 Å². The third kappa shape index (κ3) is 3.92. The van der Waals surface area contributed by atoms with E-state index >= 15 is 0 Å². The highest BCUT2D eigenvalue weighted by Gasteiger charge is 2.15. The van der Waals surface area contributed by atoms with Crippen LogP contribution in [0.5, 0.6) is 0 Å². The van der Waals surface area contributed by atoms with E-state index in [-0.39, 0.29) is 16.0 Å². The lowest BCUT2D eigenvalue weighted by Crippen LogP contribution is -2.22. The second-order valence-electron chi connectivity index (χ2n) is 7.15. The van der Waals surface area contributed by atoms with Gasteiger partial charge in [-0.3, -0.25) is 9.36 Å². The van der Waals surface area contributed by atoms with Crippen molar-refractivity contribution in [1.82, 2.24) is 24.5 Å². The number of nitrogen functional groups attached to an aromatic ring is 1. The van der Waals surface area contributed by atoms with Crippen molar-refractivity contribution in [2.24, 2.45) is 0 Å². The van der Waals surface area contributed by atoms with Crippen LogP contribution in [0.25, 0.3) is 27.6 Å². The first-order chi connectivity index (χ1) is 15.4. The van der Waals surface area contributed by atoms with Gasteiger partial charge in [0.25, 0.3) is 5.56 Å². The van der Waals surface area contributed by atoms with Gasteiger partial charge in [0.1, 0.15) is 17.7 Å². The van der Waals surface area contributed by atoms with Crippen LogP contribution in [-0.2, 0) is 6.42 Å². The average molecular weight is 451 g/mol. The maximum atomic E-state index is 13.7. The zero-order valence-electron chi connectivity index (χ0n) is 17.4. The Labute approximate surface area is 187 Å². The predicted molar refractivity (Wildman–Crippen MR) is 125 cm³/mol. The van der Waals surface area contributed by atoms with Crippen LogP contribution in [0, 0.1) is 12.7 Å². The van der Waals surface area contributed by atoms with Gasteiger partial charge in [0.15, 0.2) is 11.5 Å². The minimum absolute atomic E-state index is 0.119. The number of aryl methyl sites for hydroxylation is 2. The van der Waals surface area contributed by atoms with Crippen LogP contribution >= 0.6 is 11.6 Å². The molecule has 3 N–H and O–H groups in total. The van der Waals surface area contributed by atoms with Crippen LogP contribution in [0.15, 0.2) is 59.9 Å². The number of hydrogen-bond acceptors (Lipinski definition) is 5. The van der Waals surface area contributed by atoms with E-state index in [2.05, 4.69) is 19.9 Å². The molecule has 9 heteroatoms. The quantitative estimate of drug-likeness (QED) is 0.409. The Balaban J connectivity index is 0.000000203. The molecule has 162 valence electrons. The van der Waals surface area contributed by atoms with Crippen molar-refractivity contribution in [1.29, 1.82) is 0 Å². The largest absolute Gasteiger partial charge is 0.382 e. The fourth-order valence-corrected chi connectivity index (χ4v) is 3.66. The van der Waals surface area contributed by atoms with Crippen molar-refractivity contribution >= 4 is 39.4 Å². The number of fused-ring (bicyclic) bond motifs is 2. The van der Waals surface area contributed by atoms with Crippen LogP contribution in [0.3, 0.4) is 0 Å². The van der Waals surface area contributed by atoms with Gasteiger partial charge in [-0.1, -0.05) is 42.3 Å². The summed E-state index contributed by atoms with van der Waals surface area (Å²) in [7, 11) is 0. The zero-order valence-corrected chi connectivity index (χ0v) is 18.2. The third-order valence-electron chi connectivity index (χ3n) is 5.06. The fourth-order valence-electron chi connectivity index (χ4n) is 3.41. The minimum atomic E-state index is -0.578. The van der Waals surface area contributed by atoms with E-state index in [0.29, 0.717) is 28.8 Å². The van der Waals surface area contributed by atoms with Gasteiger partial charge in [-0.25, -0.2) is 19.3 Å². The number of benzene rings is 2. The molecule has 2 aromatic carbocycles. The highest BCUT2D eigenvalue weighted by molar-refractivity contribution is 6.35. The summed E-state index contributed by atoms with van der Waals surface area (Å²) in [5.41, 5.74) is 9.22. The number of anilines is 1. The first-order valence-corrected chi connectivity index (χ1v) is 10.3. The minimum Gasteiger partial charge on any atom is -0.382 e. The van der Waals surface area contributed by atoms with Gasteiger partial charge < -0.3 is 10.7 Å². The number of nitrogens with one attached hydrogen (secondary N) is 1. The van der Waals surface area contributed by atoms with Crippen LogP contribution in [-0.4, -0.2) is 24.5 Å². The van der Waals surface area contributed by atoms with E-state index in [1.165, 1.54) is 18.7 Å².